The Morgan fingerprint density at radius 2 is 2.10 bits per heavy atom. The fourth-order valence-electron chi connectivity index (χ4n) is 1.72. The molecule has 8 heteroatoms. The van der Waals surface area contributed by atoms with E-state index in [1.54, 1.807) is 25.1 Å². The van der Waals surface area contributed by atoms with Crippen LogP contribution in [0.15, 0.2) is 35.7 Å². The summed E-state index contributed by atoms with van der Waals surface area (Å²) < 4.78 is 26.6. The molecule has 106 valence electrons. The zero-order chi connectivity index (χ0) is 14.8. The summed E-state index contributed by atoms with van der Waals surface area (Å²) in [6.45, 7) is 1.68. The Hall–Kier alpha value is -2.35. The molecule has 1 aromatic heterocycles. The number of carbonyl (C=O) groups excluding carboxylic acids is 1. The third-order valence-electron chi connectivity index (χ3n) is 2.81. The number of H-pyrrole nitrogens is 1. The van der Waals surface area contributed by atoms with Crippen LogP contribution in [0.5, 0.6) is 0 Å². The first-order chi connectivity index (χ1) is 9.45. The van der Waals surface area contributed by atoms with Gasteiger partial charge in [-0.1, -0.05) is 6.07 Å². The van der Waals surface area contributed by atoms with Crippen molar-refractivity contribution in [2.45, 2.75) is 11.9 Å². The van der Waals surface area contributed by atoms with Crippen molar-refractivity contribution in [1.29, 1.82) is 0 Å². The normalized spacial score (nSPS) is 11.1. The number of aromatic nitrogens is 2. The summed E-state index contributed by atoms with van der Waals surface area (Å²) in [7, 11) is -2.22. The number of aromatic amines is 1. The lowest BCUT2D eigenvalue weighted by atomic mass is 10.1. The molecule has 1 heterocycles. The van der Waals surface area contributed by atoms with Crippen molar-refractivity contribution in [2.24, 2.45) is 0 Å². The molecule has 1 aromatic carbocycles. The van der Waals surface area contributed by atoms with Crippen LogP contribution in [0.4, 0.5) is 5.69 Å². The van der Waals surface area contributed by atoms with E-state index in [0.29, 0.717) is 16.8 Å². The molecule has 0 radical (unpaired) electrons. The summed E-state index contributed by atoms with van der Waals surface area (Å²) in [5.74, 6) is -0.273. The number of hydrogen-bond donors (Lipinski definition) is 3. The smallest absolute Gasteiger partial charge is 0.278 e. The maximum absolute atomic E-state index is 12.1. The number of hydrogen-bond acceptors (Lipinski definition) is 4. The van der Waals surface area contributed by atoms with E-state index in [1.807, 2.05) is 0 Å². The predicted molar refractivity (Wildman–Crippen MR) is 74.0 cm³/mol. The average molecular weight is 294 g/mol. The van der Waals surface area contributed by atoms with Crippen LogP contribution in [0.3, 0.4) is 0 Å². The Labute approximate surface area is 116 Å². The zero-order valence-electron chi connectivity index (χ0n) is 11.0. The monoisotopic (exact) mass is 294 g/mol. The average Bonchev–Trinajstić information content (AvgIpc) is 2.95. The minimum atomic E-state index is -3.74. The third kappa shape index (κ3) is 2.64. The molecule has 3 N–H and O–H groups in total. The minimum absolute atomic E-state index is 0.0396. The van der Waals surface area contributed by atoms with E-state index in [1.165, 1.54) is 19.6 Å². The minimum Gasteiger partial charge on any atom is -0.355 e. The number of anilines is 1. The molecular weight excluding hydrogens is 280 g/mol. The van der Waals surface area contributed by atoms with Crippen molar-refractivity contribution in [3.05, 3.63) is 41.9 Å². The van der Waals surface area contributed by atoms with Crippen LogP contribution in [0, 0.1) is 6.92 Å². The van der Waals surface area contributed by atoms with Gasteiger partial charge >= 0.3 is 0 Å². The number of carbonyl (C=O) groups is 1. The largest absolute Gasteiger partial charge is 0.355 e. The molecule has 1 amide bonds. The van der Waals surface area contributed by atoms with Gasteiger partial charge < -0.3 is 10.3 Å². The molecule has 0 unspecified atom stereocenters. The molecule has 0 spiro atoms. The third-order valence-corrected chi connectivity index (χ3v) is 4.10. The fourth-order valence-corrected chi connectivity index (χ4v) is 2.74. The zero-order valence-corrected chi connectivity index (χ0v) is 11.8. The number of nitrogens with zero attached hydrogens (tertiary/aromatic N) is 1. The van der Waals surface area contributed by atoms with E-state index in [2.05, 4.69) is 20.0 Å². The van der Waals surface area contributed by atoms with E-state index < -0.39 is 10.0 Å². The van der Waals surface area contributed by atoms with Crippen LogP contribution in [-0.2, 0) is 10.0 Å². The Bertz CT molecular complexity index is 723. The second kappa shape index (κ2) is 5.33. The number of benzene rings is 1. The van der Waals surface area contributed by atoms with Crippen LogP contribution in [-0.4, -0.2) is 31.3 Å². The number of sulfonamides is 1. The van der Waals surface area contributed by atoms with Gasteiger partial charge in [0.05, 0.1) is 18.2 Å². The van der Waals surface area contributed by atoms with Crippen LogP contribution >= 0.6 is 0 Å². The SMILES string of the molecule is CNC(=O)c1cccc(NS(=O)(=O)c2cnc[nH]2)c1C. The van der Waals surface area contributed by atoms with Gasteiger partial charge in [-0.2, -0.15) is 8.42 Å². The Kier molecular flexibility index (Phi) is 3.75. The molecule has 2 aromatic rings. The number of imidazole rings is 1. The summed E-state index contributed by atoms with van der Waals surface area (Å²) in [6, 6.07) is 4.83. The van der Waals surface area contributed by atoms with E-state index >= 15 is 0 Å². The highest BCUT2D eigenvalue weighted by Gasteiger charge is 2.18. The van der Waals surface area contributed by atoms with Crippen LogP contribution in [0.25, 0.3) is 0 Å². The molecule has 0 aliphatic rings. The fraction of sp³-hybridized carbons (Fsp3) is 0.167. The van der Waals surface area contributed by atoms with Crippen molar-refractivity contribution in [3.8, 4) is 0 Å². The highest BCUT2D eigenvalue weighted by molar-refractivity contribution is 7.92. The standard InChI is InChI=1S/C12H14N4O3S/c1-8-9(12(17)13-2)4-3-5-10(8)16-20(18,19)11-6-14-7-15-11/h3-7,16H,1-2H3,(H,13,17)(H,14,15). The molecule has 20 heavy (non-hydrogen) atoms. The van der Waals surface area contributed by atoms with Gasteiger partial charge in [-0.3, -0.25) is 9.52 Å². The van der Waals surface area contributed by atoms with Gasteiger partial charge in [0.25, 0.3) is 15.9 Å². The van der Waals surface area contributed by atoms with Gasteiger partial charge in [-0.25, -0.2) is 4.98 Å². The molecule has 0 saturated heterocycles. The van der Waals surface area contributed by atoms with Crippen molar-refractivity contribution < 1.29 is 13.2 Å². The molecule has 0 saturated carbocycles. The summed E-state index contributed by atoms with van der Waals surface area (Å²) in [5, 5.41) is 2.47. The lowest BCUT2D eigenvalue weighted by Crippen LogP contribution is -2.20. The molecule has 0 aliphatic carbocycles. The first kappa shape index (κ1) is 14.1. The molecular formula is C12H14N4O3S. The van der Waals surface area contributed by atoms with Gasteiger partial charge in [-0.15, -0.1) is 0 Å². The number of nitrogens with one attached hydrogen (secondary N) is 3. The van der Waals surface area contributed by atoms with E-state index in [4.69, 9.17) is 0 Å². The molecule has 7 nitrogen and oxygen atoms in total. The van der Waals surface area contributed by atoms with Gasteiger partial charge in [0.2, 0.25) is 0 Å². The second-order valence-electron chi connectivity index (χ2n) is 4.08. The second-order valence-corrected chi connectivity index (χ2v) is 5.73. The molecule has 0 aliphatic heterocycles. The highest BCUT2D eigenvalue weighted by Crippen LogP contribution is 2.21. The van der Waals surface area contributed by atoms with Gasteiger partial charge in [0.15, 0.2) is 5.03 Å². The lowest BCUT2D eigenvalue weighted by Gasteiger charge is -2.12. The Morgan fingerprint density at radius 1 is 1.35 bits per heavy atom. The van der Waals surface area contributed by atoms with Crippen molar-refractivity contribution >= 4 is 21.6 Å². The highest BCUT2D eigenvalue weighted by atomic mass is 32.2. The van der Waals surface area contributed by atoms with Crippen molar-refractivity contribution in [1.82, 2.24) is 15.3 Å². The summed E-state index contributed by atoms with van der Waals surface area (Å²) in [4.78, 5) is 17.9. The summed E-state index contributed by atoms with van der Waals surface area (Å²) in [5.41, 5.74) is 1.31. The maximum Gasteiger partial charge on any atom is 0.278 e. The first-order valence-electron chi connectivity index (χ1n) is 5.78. The lowest BCUT2D eigenvalue weighted by molar-refractivity contribution is 0.0962. The van der Waals surface area contributed by atoms with E-state index in [0.717, 1.165) is 0 Å². The van der Waals surface area contributed by atoms with Crippen LogP contribution in [0.1, 0.15) is 15.9 Å². The topological polar surface area (TPSA) is 104 Å². The van der Waals surface area contributed by atoms with Crippen LogP contribution < -0.4 is 10.0 Å². The molecule has 0 bridgehead atoms. The Balaban J connectivity index is 2.38. The van der Waals surface area contributed by atoms with E-state index in [-0.39, 0.29) is 10.9 Å². The maximum atomic E-state index is 12.1. The van der Waals surface area contributed by atoms with Crippen molar-refractivity contribution in [2.75, 3.05) is 11.8 Å². The van der Waals surface area contributed by atoms with Gasteiger partial charge in [-0.05, 0) is 24.6 Å². The number of rotatable bonds is 4. The first-order valence-corrected chi connectivity index (χ1v) is 7.27. The summed E-state index contributed by atoms with van der Waals surface area (Å²) in [6.07, 6.45) is 2.49. The van der Waals surface area contributed by atoms with Crippen molar-refractivity contribution in [3.63, 3.8) is 0 Å². The predicted octanol–water partition coefficient (Wildman–Crippen LogP) is 0.879. The quantitative estimate of drug-likeness (QED) is 0.778. The molecule has 0 atom stereocenters. The molecule has 0 fully saturated rings. The summed E-state index contributed by atoms with van der Waals surface area (Å²) >= 11 is 0. The van der Waals surface area contributed by atoms with Crippen LogP contribution in [0.2, 0.25) is 0 Å². The van der Waals surface area contributed by atoms with E-state index in [9.17, 15) is 13.2 Å². The Morgan fingerprint density at radius 3 is 2.70 bits per heavy atom. The molecule has 2 rings (SSSR count). The number of amides is 1. The van der Waals surface area contributed by atoms with Gasteiger partial charge in [0.1, 0.15) is 0 Å². The van der Waals surface area contributed by atoms with Gasteiger partial charge in [0, 0.05) is 12.6 Å².